The highest BCUT2D eigenvalue weighted by Gasteiger charge is 2.44. The molecule has 5 N–H and O–H groups in total. The first-order valence-corrected chi connectivity index (χ1v) is 16.2. The number of nitrogens with one attached hydrogen (secondary N) is 5. The SMILES string of the molecule is CN1CNC(C2CC(Cl)C(F)C(C(=O)NNS(=O)(=O)CC3CCCC(NC(=O)CC4CCCNC4)C3)C2)C1. The molecule has 13 heteroatoms. The van der Waals surface area contributed by atoms with Crippen molar-refractivity contribution in [2.75, 3.05) is 39.1 Å². The Kier molecular flexibility index (Phi) is 10.7. The first-order valence-electron chi connectivity index (χ1n) is 14.1. The zero-order valence-corrected chi connectivity index (χ0v) is 23.8. The third kappa shape index (κ3) is 8.47. The van der Waals surface area contributed by atoms with Crippen LogP contribution in [0.25, 0.3) is 0 Å². The van der Waals surface area contributed by atoms with Crippen LogP contribution >= 0.6 is 11.6 Å². The van der Waals surface area contributed by atoms with Crippen molar-refractivity contribution in [3.05, 3.63) is 0 Å². The van der Waals surface area contributed by atoms with Crippen molar-refractivity contribution in [2.45, 2.75) is 81.4 Å². The highest BCUT2D eigenvalue weighted by atomic mass is 35.5. The number of rotatable bonds is 9. The number of carbonyl (C=O) groups is 2. The lowest BCUT2D eigenvalue weighted by Gasteiger charge is -2.37. The number of alkyl halides is 2. The van der Waals surface area contributed by atoms with Crippen LogP contribution < -0.4 is 26.2 Å². The molecular formula is C25H44ClFN6O4S. The van der Waals surface area contributed by atoms with Gasteiger partial charge in [0.25, 0.3) is 0 Å². The molecule has 10 nitrogen and oxygen atoms in total. The van der Waals surface area contributed by atoms with Gasteiger partial charge in [0.15, 0.2) is 0 Å². The number of carbonyl (C=O) groups excluding carboxylic acids is 2. The van der Waals surface area contributed by atoms with E-state index in [0.29, 0.717) is 31.6 Å². The highest BCUT2D eigenvalue weighted by Crippen LogP contribution is 2.37. The van der Waals surface area contributed by atoms with E-state index in [-0.39, 0.29) is 35.6 Å². The Bertz CT molecular complexity index is 924. The van der Waals surface area contributed by atoms with Crippen molar-refractivity contribution in [1.29, 1.82) is 0 Å². The molecule has 8 atom stereocenters. The van der Waals surface area contributed by atoms with Gasteiger partial charge in [0.05, 0.1) is 17.0 Å². The number of amides is 2. The number of piperidine rings is 1. The Morgan fingerprint density at radius 1 is 1.11 bits per heavy atom. The number of hydrogen-bond donors (Lipinski definition) is 5. The second-order valence-corrected chi connectivity index (χ2v) is 14.2. The van der Waals surface area contributed by atoms with Gasteiger partial charge >= 0.3 is 0 Å². The predicted octanol–water partition coefficient (Wildman–Crippen LogP) is 0.835. The molecule has 2 saturated heterocycles. The van der Waals surface area contributed by atoms with E-state index in [0.717, 1.165) is 58.4 Å². The molecule has 2 aliphatic carbocycles. The summed E-state index contributed by atoms with van der Waals surface area (Å²) in [5, 5.41) is 9.01. The van der Waals surface area contributed by atoms with E-state index < -0.39 is 33.4 Å². The summed E-state index contributed by atoms with van der Waals surface area (Å²) in [4.78, 5) is 29.6. The van der Waals surface area contributed by atoms with Crippen LogP contribution in [0.15, 0.2) is 0 Å². The van der Waals surface area contributed by atoms with Gasteiger partial charge in [-0.3, -0.25) is 25.2 Å². The van der Waals surface area contributed by atoms with Gasteiger partial charge in [-0.15, -0.1) is 16.4 Å². The van der Waals surface area contributed by atoms with Crippen LogP contribution in [0, 0.1) is 23.7 Å². The number of halogens is 2. The number of nitrogens with zero attached hydrogens (tertiary/aromatic N) is 1. The van der Waals surface area contributed by atoms with Crippen LogP contribution in [0.4, 0.5) is 4.39 Å². The highest BCUT2D eigenvalue weighted by molar-refractivity contribution is 7.89. The lowest BCUT2D eigenvalue weighted by atomic mass is 9.76. The van der Waals surface area contributed by atoms with E-state index in [1.807, 2.05) is 7.05 Å². The molecule has 2 saturated carbocycles. The quantitative estimate of drug-likeness (QED) is 0.202. The molecule has 0 aromatic carbocycles. The Hall–Kier alpha value is -1.05. The van der Waals surface area contributed by atoms with Crippen LogP contribution in [0.5, 0.6) is 0 Å². The maximum Gasteiger partial charge on any atom is 0.241 e. The van der Waals surface area contributed by atoms with Crippen molar-refractivity contribution in [1.82, 2.24) is 31.1 Å². The Morgan fingerprint density at radius 3 is 2.61 bits per heavy atom. The lowest BCUT2D eigenvalue weighted by Crippen LogP contribution is -2.52. The fraction of sp³-hybridized carbons (Fsp3) is 0.920. The van der Waals surface area contributed by atoms with Gasteiger partial charge < -0.3 is 10.6 Å². The summed E-state index contributed by atoms with van der Waals surface area (Å²) in [7, 11) is -1.85. The minimum absolute atomic E-state index is 0.0289. The number of hydrogen-bond acceptors (Lipinski definition) is 7. The van der Waals surface area contributed by atoms with E-state index in [1.54, 1.807) is 0 Å². The van der Waals surface area contributed by atoms with Crippen molar-refractivity contribution in [3.63, 3.8) is 0 Å². The average molecular weight is 579 g/mol. The van der Waals surface area contributed by atoms with Crippen LogP contribution in [0.2, 0.25) is 0 Å². The third-order valence-corrected chi connectivity index (χ3v) is 10.4. The van der Waals surface area contributed by atoms with Gasteiger partial charge in [-0.25, -0.2) is 12.8 Å². The maximum atomic E-state index is 14.9. The summed E-state index contributed by atoms with van der Waals surface area (Å²) in [6.45, 7) is 3.39. The van der Waals surface area contributed by atoms with Gasteiger partial charge in [-0.05, 0) is 82.8 Å². The van der Waals surface area contributed by atoms with Crippen molar-refractivity contribution in [2.24, 2.45) is 23.7 Å². The lowest BCUT2D eigenvalue weighted by molar-refractivity contribution is -0.129. The maximum absolute atomic E-state index is 14.9. The standard InChI is InChI=1S/C25H44ClFN6O4S/c1-33-13-22(29-15-33)18-10-20(24(27)21(26)11-18)25(35)31-32-38(36,37)14-17-4-2-6-19(8-17)30-23(34)9-16-5-3-7-28-12-16/h16-22,24,28-29,32H,2-15H2,1H3,(H,30,34)(H,31,35). The molecule has 0 radical (unpaired) electrons. The number of sulfonamides is 1. The molecule has 2 heterocycles. The molecule has 8 unspecified atom stereocenters. The van der Waals surface area contributed by atoms with Crippen LogP contribution in [-0.2, 0) is 19.6 Å². The predicted molar refractivity (Wildman–Crippen MR) is 144 cm³/mol. The van der Waals surface area contributed by atoms with E-state index in [4.69, 9.17) is 11.6 Å². The van der Waals surface area contributed by atoms with E-state index >= 15 is 0 Å². The molecule has 4 aliphatic rings. The van der Waals surface area contributed by atoms with E-state index in [2.05, 4.69) is 31.1 Å². The van der Waals surface area contributed by atoms with Gasteiger partial charge in [0.1, 0.15) is 6.17 Å². The molecule has 0 spiro atoms. The Morgan fingerprint density at radius 2 is 1.89 bits per heavy atom. The zero-order valence-electron chi connectivity index (χ0n) is 22.3. The summed E-state index contributed by atoms with van der Waals surface area (Å²) < 4.78 is 40.4. The summed E-state index contributed by atoms with van der Waals surface area (Å²) >= 11 is 6.27. The molecule has 2 amide bonds. The van der Waals surface area contributed by atoms with Crippen LogP contribution in [0.3, 0.4) is 0 Å². The van der Waals surface area contributed by atoms with E-state index in [9.17, 15) is 22.4 Å². The molecule has 4 rings (SSSR count). The van der Waals surface area contributed by atoms with Crippen LogP contribution in [0.1, 0.15) is 57.8 Å². The Labute approximate surface area is 231 Å². The van der Waals surface area contributed by atoms with Crippen molar-refractivity contribution >= 4 is 33.4 Å². The Balaban J connectivity index is 1.23. The van der Waals surface area contributed by atoms with Gasteiger partial charge in [-0.2, -0.15) is 0 Å². The average Bonchev–Trinajstić information content (AvgIpc) is 3.31. The summed E-state index contributed by atoms with van der Waals surface area (Å²) in [6.07, 6.45) is 4.86. The van der Waals surface area contributed by atoms with Gasteiger partial charge in [0.2, 0.25) is 21.8 Å². The van der Waals surface area contributed by atoms with Crippen LogP contribution in [-0.4, -0.2) is 87.9 Å². The molecule has 0 aromatic heterocycles. The summed E-state index contributed by atoms with van der Waals surface area (Å²) in [6, 6.07) is 0.0813. The smallest absolute Gasteiger partial charge is 0.241 e. The monoisotopic (exact) mass is 578 g/mol. The first kappa shape index (κ1) is 29.9. The van der Waals surface area contributed by atoms with Crippen molar-refractivity contribution in [3.8, 4) is 0 Å². The molecule has 0 aromatic rings. The fourth-order valence-corrected chi connectivity index (χ4v) is 8.32. The number of likely N-dealkylation sites (N-methyl/N-ethyl adjacent to an activating group) is 1. The summed E-state index contributed by atoms with van der Waals surface area (Å²) in [5.41, 5.74) is 2.26. The van der Waals surface area contributed by atoms with E-state index in [1.165, 1.54) is 0 Å². The molecule has 2 aliphatic heterocycles. The molecule has 4 fully saturated rings. The first-order chi connectivity index (χ1) is 18.1. The largest absolute Gasteiger partial charge is 0.353 e. The second-order valence-electron chi connectivity index (χ2n) is 11.9. The minimum atomic E-state index is -3.83. The minimum Gasteiger partial charge on any atom is -0.353 e. The third-order valence-electron chi connectivity index (χ3n) is 8.66. The summed E-state index contributed by atoms with van der Waals surface area (Å²) in [5.74, 6) is -1.58. The van der Waals surface area contributed by atoms with Gasteiger partial charge in [-0.1, -0.05) is 6.42 Å². The molecule has 38 heavy (non-hydrogen) atoms. The zero-order chi connectivity index (χ0) is 27.3. The normalized spacial score (nSPS) is 37.0. The molecule has 218 valence electrons. The second kappa shape index (κ2) is 13.5. The topological polar surface area (TPSA) is 132 Å². The molecular weight excluding hydrogens is 535 g/mol. The molecule has 0 bridgehead atoms. The van der Waals surface area contributed by atoms with Crippen molar-refractivity contribution < 1.29 is 22.4 Å². The van der Waals surface area contributed by atoms with Gasteiger partial charge in [0, 0.05) is 31.7 Å². The fourth-order valence-electron chi connectivity index (χ4n) is 6.65. The number of hydrazine groups is 1.